The predicted octanol–water partition coefficient (Wildman–Crippen LogP) is 4.42. The van der Waals surface area contributed by atoms with Crippen molar-refractivity contribution in [2.75, 3.05) is 4.90 Å². The van der Waals surface area contributed by atoms with Gasteiger partial charge in [-0.25, -0.2) is 29.6 Å². The van der Waals surface area contributed by atoms with Crippen LogP contribution in [0.25, 0.3) is 22.6 Å². The smallest absolute Gasteiger partial charge is 0.325 e. The number of rotatable bonds is 5. The lowest BCUT2D eigenvalue weighted by Gasteiger charge is -2.23. The molecule has 0 radical (unpaired) electrons. The van der Waals surface area contributed by atoms with Crippen LogP contribution in [0.1, 0.15) is 48.4 Å². The Morgan fingerprint density at radius 1 is 0.944 bits per heavy atom. The van der Waals surface area contributed by atoms with Crippen molar-refractivity contribution in [1.82, 2.24) is 19.9 Å². The number of carbonyl (C=O) groups excluding carboxylic acids is 2. The lowest BCUT2D eigenvalue weighted by Crippen LogP contribution is -2.33. The molecule has 184 valence electrons. The summed E-state index contributed by atoms with van der Waals surface area (Å²) in [7, 11) is 0. The number of carbonyl (C=O) groups is 2. The molecule has 3 amide bonds. The molecule has 36 heavy (non-hydrogen) atoms. The second kappa shape index (κ2) is 9.21. The Labute approximate surface area is 208 Å². The number of urea groups is 1. The second-order valence-electron chi connectivity index (χ2n) is 9.37. The number of anilines is 2. The Kier molecular flexibility index (Phi) is 6.28. The molecular formula is C26H27N7O3. The molecule has 0 unspecified atom stereocenters. The standard InChI is InChI=1S/C26H27N7O3/c1-14-6-7-16(18-10-11-29-24(31-18)26(3,4)5)12-20(14)33(25(28)35)21-9-8-17(23(27)34)22(32-21)19-13-36-15(2)30-19/h6-13H,1-5H3,(H2,27,34)(H2,28,35). The van der Waals surface area contributed by atoms with Crippen LogP contribution >= 0.6 is 0 Å². The molecule has 4 N–H and O–H groups in total. The van der Waals surface area contributed by atoms with Crippen molar-refractivity contribution >= 4 is 23.4 Å². The number of nitrogens with zero attached hydrogens (tertiary/aromatic N) is 5. The van der Waals surface area contributed by atoms with Crippen molar-refractivity contribution in [2.24, 2.45) is 11.5 Å². The highest BCUT2D eigenvalue weighted by atomic mass is 16.3. The molecule has 10 nitrogen and oxygen atoms in total. The van der Waals surface area contributed by atoms with E-state index in [0.29, 0.717) is 28.8 Å². The van der Waals surface area contributed by atoms with Gasteiger partial charge in [-0.1, -0.05) is 32.9 Å². The van der Waals surface area contributed by atoms with Crippen LogP contribution in [0.2, 0.25) is 0 Å². The van der Waals surface area contributed by atoms with E-state index in [1.807, 2.05) is 52.0 Å². The number of aromatic nitrogens is 4. The Morgan fingerprint density at radius 3 is 2.31 bits per heavy atom. The number of amides is 3. The van der Waals surface area contributed by atoms with Crippen LogP contribution in [0.5, 0.6) is 0 Å². The SMILES string of the molecule is Cc1nc(-c2nc(N(C(N)=O)c3cc(-c4ccnc(C(C)(C)C)n4)ccc3C)ccc2C(N)=O)co1. The summed E-state index contributed by atoms with van der Waals surface area (Å²) in [5.41, 5.74) is 14.6. The van der Waals surface area contributed by atoms with Crippen LogP contribution in [-0.2, 0) is 5.41 Å². The highest BCUT2D eigenvalue weighted by Gasteiger charge is 2.24. The molecule has 0 saturated heterocycles. The second-order valence-corrected chi connectivity index (χ2v) is 9.37. The van der Waals surface area contributed by atoms with Crippen molar-refractivity contribution in [3.05, 3.63) is 71.7 Å². The van der Waals surface area contributed by atoms with E-state index < -0.39 is 11.9 Å². The number of hydrogen-bond donors (Lipinski definition) is 2. The first-order valence-electron chi connectivity index (χ1n) is 11.2. The number of oxazole rings is 1. The monoisotopic (exact) mass is 485 g/mol. The summed E-state index contributed by atoms with van der Waals surface area (Å²) in [5.74, 6) is 0.598. The molecule has 1 aromatic carbocycles. The fraction of sp³-hybridized carbons (Fsp3) is 0.231. The van der Waals surface area contributed by atoms with Gasteiger partial charge in [-0.2, -0.15) is 0 Å². The van der Waals surface area contributed by atoms with Gasteiger partial charge in [0.15, 0.2) is 5.89 Å². The Balaban J connectivity index is 1.85. The summed E-state index contributed by atoms with van der Waals surface area (Å²) in [6, 6.07) is 9.66. The van der Waals surface area contributed by atoms with Crippen molar-refractivity contribution in [3.63, 3.8) is 0 Å². The maximum Gasteiger partial charge on any atom is 0.325 e. The van der Waals surface area contributed by atoms with Crippen LogP contribution in [0, 0.1) is 13.8 Å². The van der Waals surface area contributed by atoms with E-state index in [1.54, 1.807) is 13.1 Å². The van der Waals surface area contributed by atoms with Gasteiger partial charge >= 0.3 is 6.03 Å². The number of hydrogen-bond acceptors (Lipinski definition) is 7. The lowest BCUT2D eigenvalue weighted by atomic mass is 9.95. The molecule has 0 bridgehead atoms. The first kappa shape index (κ1) is 24.5. The number of nitrogens with two attached hydrogens (primary N) is 2. The third kappa shape index (κ3) is 4.78. The largest absolute Gasteiger partial charge is 0.449 e. The third-order valence-corrected chi connectivity index (χ3v) is 5.53. The Bertz CT molecular complexity index is 1470. The molecule has 10 heteroatoms. The minimum absolute atomic E-state index is 0.137. The zero-order valence-electron chi connectivity index (χ0n) is 20.7. The van der Waals surface area contributed by atoms with Crippen LogP contribution in [0.4, 0.5) is 16.3 Å². The normalized spacial score (nSPS) is 11.4. The van der Waals surface area contributed by atoms with Crippen LogP contribution in [0.3, 0.4) is 0 Å². The molecule has 4 aromatic rings. The number of benzene rings is 1. The van der Waals surface area contributed by atoms with E-state index in [2.05, 4.69) is 15.0 Å². The van der Waals surface area contributed by atoms with E-state index >= 15 is 0 Å². The summed E-state index contributed by atoms with van der Waals surface area (Å²) >= 11 is 0. The van der Waals surface area contributed by atoms with E-state index in [9.17, 15) is 9.59 Å². The summed E-state index contributed by atoms with van der Waals surface area (Å²) in [5, 5.41) is 0. The molecule has 0 aliphatic heterocycles. The zero-order chi connectivity index (χ0) is 26.2. The minimum Gasteiger partial charge on any atom is -0.449 e. The molecule has 3 aromatic heterocycles. The summed E-state index contributed by atoms with van der Waals surface area (Å²) in [6.45, 7) is 9.64. The molecule has 0 aliphatic rings. The van der Waals surface area contributed by atoms with Gasteiger partial charge in [0, 0.05) is 24.1 Å². The molecule has 0 spiro atoms. The van der Waals surface area contributed by atoms with Gasteiger partial charge in [-0.15, -0.1) is 0 Å². The number of pyridine rings is 1. The predicted molar refractivity (Wildman–Crippen MR) is 136 cm³/mol. The topological polar surface area (TPSA) is 154 Å². The quantitative estimate of drug-likeness (QED) is 0.424. The van der Waals surface area contributed by atoms with Crippen LogP contribution < -0.4 is 16.4 Å². The van der Waals surface area contributed by atoms with Crippen molar-refractivity contribution in [1.29, 1.82) is 0 Å². The first-order chi connectivity index (χ1) is 17.0. The molecular weight excluding hydrogens is 458 g/mol. The van der Waals surface area contributed by atoms with E-state index in [4.69, 9.17) is 20.9 Å². The fourth-order valence-corrected chi connectivity index (χ4v) is 3.69. The van der Waals surface area contributed by atoms with Gasteiger partial charge < -0.3 is 15.9 Å². The Morgan fingerprint density at radius 2 is 1.69 bits per heavy atom. The highest BCUT2D eigenvalue weighted by Crippen LogP contribution is 2.33. The van der Waals surface area contributed by atoms with Gasteiger partial charge in [0.1, 0.15) is 29.3 Å². The van der Waals surface area contributed by atoms with Crippen molar-refractivity contribution in [2.45, 2.75) is 40.0 Å². The average molecular weight is 486 g/mol. The number of primary amides is 2. The molecule has 3 heterocycles. The number of aryl methyl sites for hydroxylation is 2. The highest BCUT2D eigenvalue weighted by molar-refractivity contribution is 6.02. The summed E-state index contributed by atoms with van der Waals surface area (Å²) < 4.78 is 5.28. The van der Waals surface area contributed by atoms with Crippen molar-refractivity contribution < 1.29 is 14.0 Å². The van der Waals surface area contributed by atoms with Gasteiger partial charge in [0.2, 0.25) is 0 Å². The fourth-order valence-electron chi connectivity index (χ4n) is 3.69. The first-order valence-corrected chi connectivity index (χ1v) is 11.2. The maximum atomic E-state index is 12.7. The van der Waals surface area contributed by atoms with Crippen molar-refractivity contribution in [3.8, 4) is 22.6 Å². The Hall–Kier alpha value is -4.60. The van der Waals surface area contributed by atoms with E-state index in [-0.39, 0.29) is 22.5 Å². The van der Waals surface area contributed by atoms with Gasteiger partial charge in [-0.3, -0.25) is 4.79 Å². The maximum absolute atomic E-state index is 12.7. The molecule has 0 atom stereocenters. The lowest BCUT2D eigenvalue weighted by molar-refractivity contribution is 0.100. The van der Waals surface area contributed by atoms with E-state index in [1.165, 1.54) is 23.3 Å². The zero-order valence-corrected chi connectivity index (χ0v) is 20.7. The minimum atomic E-state index is -0.755. The third-order valence-electron chi connectivity index (χ3n) is 5.53. The molecule has 0 fully saturated rings. The average Bonchev–Trinajstić information content (AvgIpc) is 3.25. The van der Waals surface area contributed by atoms with Gasteiger partial charge in [-0.05, 0) is 36.8 Å². The van der Waals surface area contributed by atoms with Crippen LogP contribution in [-0.4, -0.2) is 31.9 Å². The van der Waals surface area contributed by atoms with Gasteiger partial charge in [0.25, 0.3) is 5.91 Å². The molecule has 0 aliphatic carbocycles. The van der Waals surface area contributed by atoms with E-state index in [0.717, 1.165) is 11.1 Å². The molecule has 0 saturated carbocycles. The van der Waals surface area contributed by atoms with Crippen LogP contribution in [0.15, 0.2) is 53.3 Å². The molecule has 4 rings (SSSR count). The van der Waals surface area contributed by atoms with Gasteiger partial charge in [0.05, 0.1) is 16.9 Å². The summed E-state index contributed by atoms with van der Waals surface area (Å²) in [4.78, 5) is 43.9. The summed E-state index contributed by atoms with van der Waals surface area (Å²) in [6.07, 6.45) is 3.08.